The highest BCUT2D eigenvalue weighted by molar-refractivity contribution is 5.91. The first kappa shape index (κ1) is 14.8. The Morgan fingerprint density at radius 2 is 2.05 bits per heavy atom. The molecule has 0 aromatic heterocycles. The minimum absolute atomic E-state index is 0.0665. The van der Waals surface area contributed by atoms with Crippen LogP contribution in [0.1, 0.15) is 25.3 Å². The predicted octanol–water partition coefficient (Wildman–Crippen LogP) is 3.34. The van der Waals surface area contributed by atoms with Gasteiger partial charge in [0, 0.05) is 18.3 Å². The second kappa shape index (κ2) is 6.30. The van der Waals surface area contributed by atoms with Gasteiger partial charge >= 0.3 is 6.03 Å². The summed E-state index contributed by atoms with van der Waals surface area (Å²) in [5.41, 5.74) is 1.74. The molecule has 0 spiro atoms. The van der Waals surface area contributed by atoms with Crippen LogP contribution in [0.15, 0.2) is 24.3 Å². The number of nitrogens with zero attached hydrogens (tertiary/aromatic N) is 1. The molecule has 3 rings (SSSR count). The fraction of sp³-hybridized carbons (Fsp3) is 0.471. The number of hydrogen-bond acceptors (Lipinski definition) is 3. The van der Waals surface area contributed by atoms with Gasteiger partial charge in [-0.05, 0) is 25.0 Å². The van der Waals surface area contributed by atoms with Crippen molar-refractivity contribution < 1.29 is 14.3 Å². The number of benzene rings is 1. The summed E-state index contributed by atoms with van der Waals surface area (Å²) in [6.45, 7) is 5.86. The van der Waals surface area contributed by atoms with E-state index in [0.717, 1.165) is 29.8 Å². The van der Waals surface area contributed by atoms with Crippen molar-refractivity contribution in [3.05, 3.63) is 29.8 Å². The second-order valence-electron chi connectivity index (χ2n) is 5.68. The maximum absolute atomic E-state index is 12.5. The standard InChI is InChI=1S/C17H22N2O3/c1-3-5-13-6-4-7-19(13)17(20)18-14-11-16-15(10-12(14)2)21-8-9-22-16/h4,6,10-11,13H,3,5,7-9H2,1-2H3,(H,18,20)/t13-/m0/s1. The normalized spacial score (nSPS) is 19.4. The number of aryl methyl sites for hydroxylation is 1. The molecule has 118 valence electrons. The van der Waals surface area contributed by atoms with Crippen LogP contribution in [-0.4, -0.2) is 36.7 Å². The highest BCUT2D eigenvalue weighted by Gasteiger charge is 2.25. The van der Waals surface area contributed by atoms with Crippen LogP contribution in [0, 0.1) is 6.92 Å². The van der Waals surface area contributed by atoms with Gasteiger partial charge in [0.25, 0.3) is 0 Å². The zero-order valence-corrected chi connectivity index (χ0v) is 13.1. The fourth-order valence-electron chi connectivity index (χ4n) is 2.86. The maximum Gasteiger partial charge on any atom is 0.322 e. The predicted molar refractivity (Wildman–Crippen MR) is 85.7 cm³/mol. The first-order valence-electron chi connectivity index (χ1n) is 7.83. The summed E-state index contributed by atoms with van der Waals surface area (Å²) in [7, 11) is 0. The number of amides is 2. The van der Waals surface area contributed by atoms with E-state index in [0.29, 0.717) is 25.5 Å². The van der Waals surface area contributed by atoms with E-state index in [-0.39, 0.29) is 12.1 Å². The lowest BCUT2D eigenvalue weighted by atomic mass is 10.1. The van der Waals surface area contributed by atoms with E-state index in [4.69, 9.17) is 9.47 Å². The molecule has 0 bridgehead atoms. The van der Waals surface area contributed by atoms with Crippen LogP contribution in [0.5, 0.6) is 11.5 Å². The zero-order valence-electron chi connectivity index (χ0n) is 13.1. The Hall–Kier alpha value is -2.17. The molecule has 1 aromatic rings. The summed E-state index contributed by atoms with van der Waals surface area (Å²) in [5.74, 6) is 1.44. The Bertz CT molecular complexity index is 598. The Kier molecular flexibility index (Phi) is 4.22. The van der Waals surface area contributed by atoms with Crippen LogP contribution in [0.4, 0.5) is 10.5 Å². The molecule has 2 aliphatic rings. The highest BCUT2D eigenvalue weighted by Crippen LogP contribution is 2.35. The minimum atomic E-state index is -0.0665. The number of carbonyl (C=O) groups excluding carboxylic acids is 1. The van der Waals surface area contributed by atoms with Crippen molar-refractivity contribution in [2.45, 2.75) is 32.7 Å². The van der Waals surface area contributed by atoms with Crippen molar-refractivity contribution in [3.63, 3.8) is 0 Å². The van der Waals surface area contributed by atoms with Gasteiger partial charge in [-0.3, -0.25) is 0 Å². The summed E-state index contributed by atoms with van der Waals surface area (Å²) in [6.07, 6.45) is 6.21. The Morgan fingerprint density at radius 3 is 2.77 bits per heavy atom. The van der Waals surface area contributed by atoms with Gasteiger partial charge < -0.3 is 19.7 Å². The lowest BCUT2D eigenvalue weighted by Gasteiger charge is -2.26. The largest absolute Gasteiger partial charge is 0.486 e. The fourth-order valence-corrected chi connectivity index (χ4v) is 2.86. The third-order valence-corrected chi connectivity index (χ3v) is 4.04. The van der Waals surface area contributed by atoms with Gasteiger partial charge in [-0.25, -0.2) is 4.79 Å². The Morgan fingerprint density at radius 1 is 1.32 bits per heavy atom. The average molecular weight is 302 g/mol. The van der Waals surface area contributed by atoms with Crippen LogP contribution in [0.25, 0.3) is 0 Å². The van der Waals surface area contributed by atoms with Gasteiger partial charge in [0.05, 0.1) is 6.04 Å². The summed E-state index contributed by atoms with van der Waals surface area (Å²) in [5, 5.41) is 3.00. The van der Waals surface area contributed by atoms with Crippen LogP contribution in [0.3, 0.4) is 0 Å². The number of fused-ring (bicyclic) bond motifs is 1. The molecule has 2 amide bonds. The van der Waals surface area contributed by atoms with Crippen molar-refractivity contribution >= 4 is 11.7 Å². The Labute approximate surface area is 130 Å². The highest BCUT2D eigenvalue weighted by atomic mass is 16.6. The molecule has 5 heteroatoms. The molecule has 1 N–H and O–H groups in total. The van der Waals surface area contributed by atoms with Gasteiger partial charge in [-0.15, -0.1) is 0 Å². The smallest absolute Gasteiger partial charge is 0.322 e. The number of urea groups is 1. The maximum atomic E-state index is 12.5. The van der Waals surface area contributed by atoms with Crippen LogP contribution in [-0.2, 0) is 0 Å². The van der Waals surface area contributed by atoms with Gasteiger partial charge in [-0.2, -0.15) is 0 Å². The van der Waals surface area contributed by atoms with Crippen LogP contribution >= 0.6 is 0 Å². The molecule has 5 nitrogen and oxygen atoms in total. The van der Waals surface area contributed by atoms with E-state index >= 15 is 0 Å². The molecule has 0 saturated carbocycles. The summed E-state index contributed by atoms with van der Waals surface area (Å²) in [4.78, 5) is 14.4. The SMILES string of the molecule is CCC[C@H]1C=CCN1C(=O)Nc1cc2c(cc1C)OCCO2. The molecule has 0 unspecified atom stereocenters. The molecule has 22 heavy (non-hydrogen) atoms. The number of carbonyl (C=O) groups is 1. The van der Waals surface area contributed by atoms with Gasteiger partial charge in [0.15, 0.2) is 11.5 Å². The van der Waals surface area contributed by atoms with Crippen molar-refractivity contribution in [1.82, 2.24) is 4.90 Å². The van der Waals surface area contributed by atoms with Crippen molar-refractivity contribution in [3.8, 4) is 11.5 Å². The number of anilines is 1. The molecule has 2 aliphatic heterocycles. The summed E-state index contributed by atoms with van der Waals surface area (Å²) < 4.78 is 11.1. The summed E-state index contributed by atoms with van der Waals surface area (Å²) >= 11 is 0. The molecule has 1 aromatic carbocycles. The van der Waals surface area contributed by atoms with E-state index in [1.165, 1.54) is 0 Å². The third kappa shape index (κ3) is 2.89. The first-order chi connectivity index (χ1) is 10.7. The van der Waals surface area contributed by atoms with Gasteiger partial charge in [0.1, 0.15) is 13.2 Å². The second-order valence-corrected chi connectivity index (χ2v) is 5.68. The number of ether oxygens (including phenoxy) is 2. The Balaban J connectivity index is 1.74. The van der Waals surface area contributed by atoms with E-state index < -0.39 is 0 Å². The van der Waals surface area contributed by atoms with E-state index in [9.17, 15) is 4.79 Å². The lowest BCUT2D eigenvalue weighted by molar-refractivity contribution is 0.171. The van der Waals surface area contributed by atoms with Crippen LogP contribution < -0.4 is 14.8 Å². The average Bonchev–Trinajstić information content (AvgIpc) is 2.97. The quantitative estimate of drug-likeness (QED) is 0.871. The molecule has 0 saturated heterocycles. The number of rotatable bonds is 3. The minimum Gasteiger partial charge on any atom is -0.486 e. The first-order valence-corrected chi connectivity index (χ1v) is 7.83. The number of nitrogens with one attached hydrogen (secondary N) is 1. The van der Waals surface area contributed by atoms with Crippen molar-refractivity contribution in [2.75, 3.05) is 25.1 Å². The van der Waals surface area contributed by atoms with E-state index in [1.54, 1.807) is 0 Å². The van der Waals surface area contributed by atoms with Crippen LogP contribution in [0.2, 0.25) is 0 Å². The van der Waals surface area contributed by atoms with Crippen molar-refractivity contribution in [2.24, 2.45) is 0 Å². The van der Waals surface area contributed by atoms with E-state index in [2.05, 4.69) is 24.4 Å². The molecule has 0 aliphatic carbocycles. The zero-order chi connectivity index (χ0) is 15.5. The molecule has 0 radical (unpaired) electrons. The molecule has 2 heterocycles. The molecule has 0 fully saturated rings. The van der Waals surface area contributed by atoms with Gasteiger partial charge in [-0.1, -0.05) is 25.5 Å². The third-order valence-electron chi connectivity index (χ3n) is 4.04. The molecule has 1 atom stereocenters. The molecular weight excluding hydrogens is 280 g/mol. The monoisotopic (exact) mass is 302 g/mol. The number of hydrogen-bond donors (Lipinski definition) is 1. The topological polar surface area (TPSA) is 50.8 Å². The van der Waals surface area contributed by atoms with Gasteiger partial charge in [0.2, 0.25) is 0 Å². The molecular formula is C17H22N2O3. The summed E-state index contributed by atoms with van der Waals surface area (Å²) in [6, 6.07) is 3.89. The lowest BCUT2D eigenvalue weighted by Crippen LogP contribution is -2.39. The van der Waals surface area contributed by atoms with Crippen molar-refractivity contribution in [1.29, 1.82) is 0 Å². The van der Waals surface area contributed by atoms with E-state index in [1.807, 2.05) is 24.0 Å².